The summed E-state index contributed by atoms with van der Waals surface area (Å²) in [6, 6.07) is 8.64. The fourth-order valence-electron chi connectivity index (χ4n) is 2.65. The van der Waals surface area contributed by atoms with Crippen molar-refractivity contribution in [2.75, 3.05) is 11.4 Å². The highest BCUT2D eigenvalue weighted by Gasteiger charge is 2.35. The first-order valence-electron chi connectivity index (χ1n) is 7.46. The number of nitrogens with one attached hydrogen (secondary N) is 1. The average Bonchev–Trinajstić information content (AvgIpc) is 2.95. The molecule has 0 saturated carbocycles. The summed E-state index contributed by atoms with van der Waals surface area (Å²) < 4.78 is 0. The van der Waals surface area contributed by atoms with E-state index in [2.05, 4.69) is 10.3 Å². The Morgan fingerprint density at radius 1 is 1.33 bits per heavy atom. The van der Waals surface area contributed by atoms with E-state index in [0.29, 0.717) is 28.8 Å². The molecule has 2 amide bonds. The maximum Gasteiger partial charge on any atom is 0.227 e. The summed E-state index contributed by atoms with van der Waals surface area (Å²) in [4.78, 5) is 30.1. The number of amides is 2. The minimum absolute atomic E-state index is 0.124. The summed E-state index contributed by atoms with van der Waals surface area (Å²) in [7, 11) is 0. The van der Waals surface area contributed by atoms with Crippen molar-refractivity contribution >= 4 is 40.7 Å². The molecule has 7 heteroatoms. The molecular formula is C17H15Cl2N3O2. The van der Waals surface area contributed by atoms with Crippen molar-refractivity contribution in [3.8, 4) is 0 Å². The van der Waals surface area contributed by atoms with Gasteiger partial charge in [-0.1, -0.05) is 29.3 Å². The van der Waals surface area contributed by atoms with Gasteiger partial charge in [-0.05, 0) is 29.8 Å². The number of nitrogens with zero attached hydrogens (tertiary/aromatic N) is 2. The fraction of sp³-hybridized carbons (Fsp3) is 0.235. The first-order valence-corrected chi connectivity index (χ1v) is 8.22. The van der Waals surface area contributed by atoms with Crippen LogP contribution in [0.4, 0.5) is 5.69 Å². The summed E-state index contributed by atoms with van der Waals surface area (Å²) in [5.74, 6) is -0.679. The second kappa shape index (κ2) is 7.20. The summed E-state index contributed by atoms with van der Waals surface area (Å²) in [5, 5.41) is 3.74. The Labute approximate surface area is 149 Å². The number of rotatable bonds is 4. The van der Waals surface area contributed by atoms with E-state index in [9.17, 15) is 9.59 Å². The number of carbonyl (C=O) groups excluding carboxylic acids is 2. The van der Waals surface area contributed by atoms with Gasteiger partial charge < -0.3 is 10.2 Å². The van der Waals surface area contributed by atoms with Crippen molar-refractivity contribution in [2.45, 2.75) is 13.0 Å². The van der Waals surface area contributed by atoms with Crippen molar-refractivity contribution in [2.24, 2.45) is 5.92 Å². The molecule has 1 atom stereocenters. The van der Waals surface area contributed by atoms with Crippen LogP contribution in [0.25, 0.3) is 0 Å². The maximum absolute atomic E-state index is 12.3. The van der Waals surface area contributed by atoms with Crippen LogP contribution in [0.3, 0.4) is 0 Å². The smallest absolute Gasteiger partial charge is 0.227 e. The zero-order chi connectivity index (χ0) is 17.1. The number of aromatic nitrogens is 1. The molecule has 1 fully saturated rings. The van der Waals surface area contributed by atoms with Gasteiger partial charge in [0, 0.05) is 36.9 Å². The largest absolute Gasteiger partial charge is 0.352 e. The molecule has 0 aliphatic carbocycles. The monoisotopic (exact) mass is 363 g/mol. The predicted octanol–water partition coefficient (Wildman–Crippen LogP) is 3.06. The Bertz CT molecular complexity index is 768. The fourth-order valence-corrected chi connectivity index (χ4v) is 3.16. The van der Waals surface area contributed by atoms with Crippen molar-refractivity contribution in [3.63, 3.8) is 0 Å². The Morgan fingerprint density at radius 3 is 2.88 bits per heavy atom. The lowest BCUT2D eigenvalue weighted by Gasteiger charge is -2.18. The highest BCUT2D eigenvalue weighted by molar-refractivity contribution is 6.36. The number of hydrogen-bond acceptors (Lipinski definition) is 3. The molecule has 24 heavy (non-hydrogen) atoms. The predicted molar refractivity (Wildman–Crippen MR) is 93.0 cm³/mol. The zero-order valence-corrected chi connectivity index (χ0v) is 14.2. The highest BCUT2D eigenvalue weighted by Crippen LogP contribution is 2.33. The van der Waals surface area contributed by atoms with E-state index in [0.717, 1.165) is 5.56 Å². The number of carbonyl (C=O) groups is 2. The number of benzene rings is 1. The molecule has 2 aromatic rings. The first-order chi connectivity index (χ1) is 11.5. The molecule has 3 rings (SSSR count). The number of pyridine rings is 1. The van der Waals surface area contributed by atoms with E-state index in [1.165, 1.54) is 4.90 Å². The van der Waals surface area contributed by atoms with E-state index in [1.807, 2.05) is 12.1 Å². The third-order valence-electron chi connectivity index (χ3n) is 3.89. The zero-order valence-electron chi connectivity index (χ0n) is 12.7. The van der Waals surface area contributed by atoms with Crippen LogP contribution >= 0.6 is 23.2 Å². The van der Waals surface area contributed by atoms with Crippen molar-refractivity contribution in [1.82, 2.24) is 10.3 Å². The topological polar surface area (TPSA) is 62.3 Å². The molecule has 1 aliphatic heterocycles. The second-order valence-corrected chi connectivity index (χ2v) is 6.42. The van der Waals surface area contributed by atoms with Crippen molar-refractivity contribution in [3.05, 3.63) is 58.3 Å². The van der Waals surface area contributed by atoms with Crippen LogP contribution in [0.2, 0.25) is 10.0 Å². The van der Waals surface area contributed by atoms with E-state index < -0.39 is 5.92 Å². The van der Waals surface area contributed by atoms with E-state index in [4.69, 9.17) is 23.2 Å². The van der Waals surface area contributed by atoms with Crippen molar-refractivity contribution in [1.29, 1.82) is 0 Å². The maximum atomic E-state index is 12.3. The van der Waals surface area contributed by atoms with Crippen LogP contribution < -0.4 is 10.2 Å². The van der Waals surface area contributed by atoms with Crippen LogP contribution in [0.1, 0.15) is 12.0 Å². The van der Waals surface area contributed by atoms with E-state index >= 15 is 0 Å². The minimum Gasteiger partial charge on any atom is -0.352 e. The molecule has 1 N–H and O–H groups in total. The van der Waals surface area contributed by atoms with Gasteiger partial charge in [0.05, 0.1) is 16.6 Å². The van der Waals surface area contributed by atoms with E-state index in [-0.39, 0.29) is 18.2 Å². The summed E-state index contributed by atoms with van der Waals surface area (Å²) >= 11 is 12.0. The lowest BCUT2D eigenvalue weighted by Crippen LogP contribution is -2.32. The Morgan fingerprint density at radius 2 is 2.17 bits per heavy atom. The van der Waals surface area contributed by atoms with Gasteiger partial charge in [0.2, 0.25) is 11.8 Å². The van der Waals surface area contributed by atoms with Gasteiger partial charge in [0.15, 0.2) is 0 Å². The quantitative estimate of drug-likeness (QED) is 0.907. The molecule has 1 saturated heterocycles. The molecule has 1 aromatic carbocycles. The molecule has 2 heterocycles. The first kappa shape index (κ1) is 16.7. The third-order valence-corrected chi connectivity index (χ3v) is 4.42. The van der Waals surface area contributed by atoms with Gasteiger partial charge in [-0.15, -0.1) is 0 Å². The summed E-state index contributed by atoms with van der Waals surface area (Å²) in [6.07, 6.45) is 3.53. The standard InChI is InChI=1S/C17H15Cl2N3O2/c18-13-3-4-15(14(19)7-13)22-10-12(6-16(22)23)17(24)21-9-11-2-1-5-20-8-11/h1-5,7-8,12H,6,9-10H2,(H,21,24). The van der Waals surface area contributed by atoms with Crippen molar-refractivity contribution < 1.29 is 9.59 Å². The normalized spacial score (nSPS) is 17.2. The SMILES string of the molecule is O=C(NCc1cccnc1)C1CC(=O)N(c2ccc(Cl)cc2Cl)C1. The number of halogens is 2. The van der Waals surface area contributed by atoms with Gasteiger partial charge >= 0.3 is 0 Å². The van der Waals surface area contributed by atoms with Gasteiger partial charge in [0.25, 0.3) is 0 Å². The van der Waals surface area contributed by atoms with Gasteiger partial charge in [-0.3, -0.25) is 14.6 Å². The Kier molecular flexibility index (Phi) is 5.02. The van der Waals surface area contributed by atoms with Gasteiger partial charge in [-0.2, -0.15) is 0 Å². The van der Waals surface area contributed by atoms with E-state index in [1.54, 1.807) is 30.6 Å². The Hall–Kier alpha value is -2.11. The molecular weight excluding hydrogens is 349 g/mol. The lowest BCUT2D eigenvalue weighted by molar-refractivity contribution is -0.126. The average molecular weight is 364 g/mol. The van der Waals surface area contributed by atoms with Crippen LogP contribution in [0, 0.1) is 5.92 Å². The molecule has 1 aliphatic rings. The third kappa shape index (κ3) is 3.68. The van der Waals surface area contributed by atoms with Gasteiger partial charge in [0.1, 0.15) is 0 Å². The van der Waals surface area contributed by atoms with Crippen LogP contribution in [-0.2, 0) is 16.1 Å². The minimum atomic E-state index is -0.402. The molecule has 124 valence electrons. The summed E-state index contributed by atoms with van der Waals surface area (Å²) in [6.45, 7) is 0.693. The van der Waals surface area contributed by atoms with Gasteiger partial charge in [-0.25, -0.2) is 0 Å². The number of anilines is 1. The molecule has 1 aromatic heterocycles. The number of hydrogen-bond donors (Lipinski definition) is 1. The Balaban J connectivity index is 1.64. The van der Waals surface area contributed by atoms with Crippen LogP contribution in [0.15, 0.2) is 42.7 Å². The molecule has 0 spiro atoms. The molecule has 0 radical (unpaired) electrons. The molecule has 0 bridgehead atoms. The second-order valence-electron chi connectivity index (χ2n) is 5.58. The lowest BCUT2D eigenvalue weighted by atomic mass is 10.1. The molecule has 1 unspecified atom stereocenters. The van der Waals surface area contributed by atoms with Crippen LogP contribution in [0.5, 0.6) is 0 Å². The van der Waals surface area contributed by atoms with Crippen LogP contribution in [-0.4, -0.2) is 23.3 Å². The highest BCUT2D eigenvalue weighted by atomic mass is 35.5. The summed E-state index contributed by atoms with van der Waals surface area (Å²) in [5.41, 5.74) is 1.49. The molecule has 5 nitrogen and oxygen atoms in total.